The Hall–Kier alpha value is -2.15. The Bertz CT molecular complexity index is 1030. The van der Waals surface area contributed by atoms with E-state index in [2.05, 4.69) is 10.4 Å². The van der Waals surface area contributed by atoms with E-state index in [1.807, 2.05) is 52.9 Å². The number of benzene rings is 1. The van der Waals surface area contributed by atoms with Crippen LogP contribution in [0.3, 0.4) is 0 Å². The summed E-state index contributed by atoms with van der Waals surface area (Å²) in [6.07, 6.45) is 3.96. The number of nitrogens with one attached hydrogen (secondary N) is 1. The fourth-order valence-corrected chi connectivity index (χ4v) is 4.80. The average molecular weight is 462 g/mol. The minimum Gasteiger partial charge on any atom is -0.339 e. The minimum absolute atomic E-state index is 0. The van der Waals surface area contributed by atoms with E-state index in [1.165, 1.54) is 0 Å². The van der Waals surface area contributed by atoms with Crippen LogP contribution in [-0.2, 0) is 6.54 Å². The van der Waals surface area contributed by atoms with E-state index in [1.54, 1.807) is 6.20 Å². The Balaban J connectivity index is 0.00000136. The average Bonchev–Trinajstić information content (AvgIpc) is 3.35. The molecule has 6 nitrogen and oxygen atoms in total. The quantitative estimate of drug-likeness (QED) is 0.639. The monoisotopic (exact) mass is 461 g/mol. The molecule has 4 heterocycles. The molecule has 2 aliphatic heterocycles. The number of aryl methyl sites for hydroxylation is 1. The largest absolute Gasteiger partial charge is 0.339 e. The molecule has 0 aliphatic carbocycles. The molecule has 2 aliphatic rings. The van der Waals surface area contributed by atoms with Crippen LogP contribution in [0.15, 0.2) is 42.6 Å². The Morgan fingerprint density at radius 3 is 2.42 bits per heavy atom. The number of halogens is 2. The van der Waals surface area contributed by atoms with Gasteiger partial charge < -0.3 is 10.2 Å². The second kappa shape index (κ2) is 9.98. The summed E-state index contributed by atoms with van der Waals surface area (Å²) >= 11 is 0. The smallest absolute Gasteiger partial charge is 0.254 e. The standard InChI is InChI=1S/C23H27N5O.2ClH/c1-2-28-22-20(15-25-28)19(12-21(26-22)16-6-4-3-5-7-16)23(29)27-10-8-17-13-24-14-18(17)9-11-27;;/h3-7,12,15,17-18,24H,2,8-11,13-14H2,1H3;2*1H/t17-,18+;;. The number of hydrogen-bond acceptors (Lipinski definition) is 4. The van der Waals surface area contributed by atoms with Crippen molar-refractivity contribution in [3.05, 3.63) is 48.2 Å². The number of nitrogens with zero attached hydrogens (tertiary/aromatic N) is 4. The van der Waals surface area contributed by atoms with Crippen LogP contribution in [0.5, 0.6) is 0 Å². The molecular formula is C23H29Cl2N5O. The molecule has 0 spiro atoms. The Morgan fingerprint density at radius 2 is 1.77 bits per heavy atom. The van der Waals surface area contributed by atoms with E-state index in [4.69, 9.17) is 4.98 Å². The van der Waals surface area contributed by atoms with E-state index in [9.17, 15) is 4.79 Å². The van der Waals surface area contributed by atoms with Crippen LogP contribution < -0.4 is 5.32 Å². The molecule has 31 heavy (non-hydrogen) atoms. The van der Waals surface area contributed by atoms with Gasteiger partial charge in [0.2, 0.25) is 0 Å². The Morgan fingerprint density at radius 1 is 1.10 bits per heavy atom. The molecule has 2 atom stereocenters. The first-order valence-corrected chi connectivity index (χ1v) is 10.7. The maximum Gasteiger partial charge on any atom is 0.254 e. The first kappa shape index (κ1) is 23.5. The fourth-order valence-electron chi connectivity index (χ4n) is 4.80. The van der Waals surface area contributed by atoms with Gasteiger partial charge in [0.1, 0.15) is 0 Å². The third kappa shape index (κ3) is 4.43. The minimum atomic E-state index is 0. The van der Waals surface area contributed by atoms with Crippen LogP contribution in [0.25, 0.3) is 22.3 Å². The van der Waals surface area contributed by atoms with Crippen LogP contribution in [0.1, 0.15) is 30.1 Å². The highest BCUT2D eigenvalue weighted by Gasteiger charge is 2.32. The third-order valence-electron chi connectivity index (χ3n) is 6.52. The van der Waals surface area contributed by atoms with E-state index < -0.39 is 0 Å². The third-order valence-corrected chi connectivity index (χ3v) is 6.52. The molecule has 0 radical (unpaired) electrons. The van der Waals surface area contributed by atoms with Gasteiger partial charge in [-0.2, -0.15) is 5.10 Å². The van der Waals surface area contributed by atoms with Crippen molar-refractivity contribution in [1.82, 2.24) is 25.0 Å². The van der Waals surface area contributed by atoms with Crippen molar-refractivity contribution in [2.24, 2.45) is 11.8 Å². The number of carbonyl (C=O) groups excluding carboxylic acids is 1. The molecule has 1 aromatic carbocycles. The number of rotatable bonds is 3. The number of aromatic nitrogens is 3. The summed E-state index contributed by atoms with van der Waals surface area (Å²) < 4.78 is 1.87. The Labute approximate surface area is 195 Å². The highest BCUT2D eigenvalue weighted by Crippen LogP contribution is 2.30. The lowest BCUT2D eigenvalue weighted by Crippen LogP contribution is -2.33. The van der Waals surface area contributed by atoms with Crippen LogP contribution in [0, 0.1) is 11.8 Å². The second-order valence-corrected chi connectivity index (χ2v) is 8.17. The molecule has 3 aromatic rings. The summed E-state index contributed by atoms with van der Waals surface area (Å²) in [5, 5.41) is 8.83. The normalized spacial score (nSPS) is 20.5. The van der Waals surface area contributed by atoms with Crippen LogP contribution in [-0.4, -0.2) is 51.8 Å². The Kier molecular flexibility index (Phi) is 7.57. The zero-order chi connectivity index (χ0) is 19.8. The van der Waals surface area contributed by atoms with Gasteiger partial charge in [0, 0.05) is 25.2 Å². The van der Waals surface area contributed by atoms with Gasteiger partial charge in [-0.3, -0.25) is 4.79 Å². The van der Waals surface area contributed by atoms with Crippen molar-refractivity contribution in [3.8, 4) is 11.3 Å². The highest BCUT2D eigenvalue weighted by atomic mass is 35.5. The number of pyridine rings is 1. The summed E-state index contributed by atoms with van der Waals surface area (Å²) in [6, 6.07) is 12.0. The zero-order valence-electron chi connectivity index (χ0n) is 17.7. The van der Waals surface area contributed by atoms with Gasteiger partial charge in [-0.1, -0.05) is 30.3 Å². The number of amides is 1. The number of carbonyl (C=O) groups is 1. The van der Waals surface area contributed by atoms with Crippen molar-refractivity contribution in [1.29, 1.82) is 0 Å². The van der Waals surface area contributed by atoms with Gasteiger partial charge in [0.05, 0.1) is 22.8 Å². The van der Waals surface area contributed by atoms with Crippen molar-refractivity contribution in [2.75, 3.05) is 26.2 Å². The molecule has 2 saturated heterocycles. The van der Waals surface area contributed by atoms with E-state index in [0.29, 0.717) is 11.8 Å². The topological polar surface area (TPSA) is 63.1 Å². The van der Waals surface area contributed by atoms with E-state index in [-0.39, 0.29) is 30.7 Å². The van der Waals surface area contributed by atoms with Gasteiger partial charge in [0.25, 0.3) is 5.91 Å². The maximum absolute atomic E-state index is 13.6. The zero-order valence-corrected chi connectivity index (χ0v) is 19.3. The van der Waals surface area contributed by atoms with Crippen molar-refractivity contribution >= 4 is 41.8 Å². The van der Waals surface area contributed by atoms with Crippen LogP contribution in [0.4, 0.5) is 0 Å². The molecule has 5 rings (SSSR count). The van der Waals surface area contributed by atoms with Crippen LogP contribution >= 0.6 is 24.8 Å². The first-order chi connectivity index (χ1) is 14.2. The summed E-state index contributed by atoms with van der Waals surface area (Å²) in [5.74, 6) is 1.51. The molecule has 1 amide bonds. The van der Waals surface area contributed by atoms with Crippen molar-refractivity contribution in [2.45, 2.75) is 26.3 Å². The summed E-state index contributed by atoms with van der Waals surface area (Å²) in [6.45, 7) is 6.61. The van der Waals surface area contributed by atoms with Gasteiger partial charge in [-0.15, -0.1) is 24.8 Å². The summed E-state index contributed by atoms with van der Waals surface area (Å²) in [4.78, 5) is 20.5. The molecule has 1 N–H and O–H groups in total. The summed E-state index contributed by atoms with van der Waals surface area (Å²) in [5.41, 5.74) is 3.35. The molecular weight excluding hydrogens is 433 g/mol. The van der Waals surface area contributed by atoms with Gasteiger partial charge in [-0.25, -0.2) is 9.67 Å². The number of hydrogen-bond donors (Lipinski definition) is 1. The van der Waals surface area contributed by atoms with Crippen LogP contribution in [0.2, 0.25) is 0 Å². The van der Waals surface area contributed by atoms with Crippen molar-refractivity contribution in [3.63, 3.8) is 0 Å². The second-order valence-electron chi connectivity index (χ2n) is 8.17. The van der Waals surface area contributed by atoms with E-state index in [0.717, 1.165) is 73.4 Å². The summed E-state index contributed by atoms with van der Waals surface area (Å²) in [7, 11) is 0. The SMILES string of the molecule is CCn1ncc2c(C(=O)N3CC[C@@H]4CNC[C@@H]4CC3)cc(-c3ccccc3)nc21.Cl.Cl. The molecule has 0 unspecified atom stereocenters. The van der Waals surface area contributed by atoms with E-state index >= 15 is 0 Å². The van der Waals surface area contributed by atoms with Gasteiger partial charge >= 0.3 is 0 Å². The number of likely N-dealkylation sites (tertiary alicyclic amines) is 1. The molecule has 0 saturated carbocycles. The molecule has 2 fully saturated rings. The lowest BCUT2D eigenvalue weighted by molar-refractivity contribution is 0.0760. The van der Waals surface area contributed by atoms with Crippen molar-refractivity contribution < 1.29 is 4.79 Å². The fraction of sp³-hybridized carbons (Fsp3) is 0.435. The molecule has 8 heteroatoms. The van der Waals surface area contributed by atoms with Gasteiger partial charge in [0.15, 0.2) is 5.65 Å². The first-order valence-electron chi connectivity index (χ1n) is 10.7. The maximum atomic E-state index is 13.6. The highest BCUT2D eigenvalue weighted by molar-refractivity contribution is 6.06. The predicted molar refractivity (Wildman–Crippen MR) is 128 cm³/mol. The van der Waals surface area contributed by atoms with Gasteiger partial charge in [-0.05, 0) is 50.8 Å². The molecule has 0 bridgehead atoms. The predicted octanol–water partition coefficient (Wildman–Crippen LogP) is 4.03. The number of fused-ring (bicyclic) bond motifs is 2. The molecule has 166 valence electrons. The lowest BCUT2D eigenvalue weighted by Gasteiger charge is -2.21. The lowest BCUT2D eigenvalue weighted by atomic mass is 9.92. The molecule has 2 aromatic heterocycles.